The summed E-state index contributed by atoms with van der Waals surface area (Å²) in [6.07, 6.45) is 1.88. The Balaban J connectivity index is 2.04. The summed E-state index contributed by atoms with van der Waals surface area (Å²) in [4.78, 5) is 6.85. The Labute approximate surface area is 102 Å². The molecule has 1 atom stereocenters. The van der Waals surface area contributed by atoms with E-state index in [9.17, 15) is 0 Å². The summed E-state index contributed by atoms with van der Waals surface area (Å²) < 4.78 is 0. The van der Waals surface area contributed by atoms with Crippen LogP contribution in [0.25, 0.3) is 0 Å². The number of aromatic nitrogens is 1. The van der Waals surface area contributed by atoms with E-state index in [0.29, 0.717) is 5.92 Å². The number of aryl methyl sites for hydroxylation is 1. The highest BCUT2D eigenvalue weighted by Crippen LogP contribution is 2.38. The van der Waals surface area contributed by atoms with Crippen molar-refractivity contribution >= 4 is 11.4 Å². The number of pyridine rings is 1. The number of benzene rings is 1. The van der Waals surface area contributed by atoms with Crippen LogP contribution in [-0.2, 0) is 0 Å². The average molecular weight is 224 g/mol. The topological polar surface area (TPSA) is 16.1 Å². The largest absolute Gasteiger partial charge is 0.339 e. The van der Waals surface area contributed by atoms with E-state index in [4.69, 9.17) is 0 Å². The van der Waals surface area contributed by atoms with Crippen LogP contribution in [0.2, 0.25) is 0 Å². The quantitative estimate of drug-likeness (QED) is 0.735. The molecule has 17 heavy (non-hydrogen) atoms. The van der Waals surface area contributed by atoms with E-state index < -0.39 is 0 Å². The minimum Gasteiger partial charge on any atom is -0.339 e. The van der Waals surface area contributed by atoms with Crippen LogP contribution in [-0.4, -0.2) is 11.5 Å². The lowest BCUT2D eigenvalue weighted by Crippen LogP contribution is -2.14. The van der Waals surface area contributed by atoms with Gasteiger partial charge in [0.15, 0.2) is 0 Å². The Hall–Kier alpha value is -1.83. The maximum atomic E-state index is 4.49. The SMILES string of the molecule is Cc1ccc(N2CC(C)c3ncccc32)cc1. The Kier molecular flexibility index (Phi) is 2.36. The molecular weight excluding hydrogens is 208 g/mol. The molecule has 2 heterocycles. The van der Waals surface area contributed by atoms with Gasteiger partial charge in [0.2, 0.25) is 0 Å². The molecule has 0 saturated heterocycles. The van der Waals surface area contributed by atoms with Crippen molar-refractivity contribution in [3.63, 3.8) is 0 Å². The Morgan fingerprint density at radius 1 is 1.18 bits per heavy atom. The van der Waals surface area contributed by atoms with Gasteiger partial charge < -0.3 is 4.90 Å². The highest BCUT2D eigenvalue weighted by atomic mass is 15.2. The zero-order valence-corrected chi connectivity index (χ0v) is 10.2. The summed E-state index contributed by atoms with van der Waals surface area (Å²) in [6, 6.07) is 12.9. The molecule has 1 aliphatic rings. The summed E-state index contributed by atoms with van der Waals surface area (Å²) in [5, 5.41) is 0. The Bertz CT molecular complexity index is 531. The molecule has 86 valence electrons. The monoisotopic (exact) mass is 224 g/mol. The first-order chi connectivity index (χ1) is 8.25. The van der Waals surface area contributed by atoms with Crippen molar-refractivity contribution in [1.29, 1.82) is 0 Å². The molecule has 0 bridgehead atoms. The molecule has 2 nitrogen and oxygen atoms in total. The van der Waals surface area contributed by atoms with E-state index in [1.807, 2.05) is 12.3 Å². The number of hydrogen-bond donors (Lipinski definition) is 0. The van der Waals surface area contributed by atoms with Crippen LogP contribution in [0.5, 0.6) is 0 Å². The van der Waals surface area contributed by atoms with Crippen LogP contribution in [0.1, 0.15) is 24.1 Å². The molecule has 0 aliphatic carbocycles. The second-order valence-corrected chi connectivity index (χ2v) is 4.75. The van der Waals surface area contributed by atoms with Gasteiger partial charge in [0, 0.05) is 24.3 Å². The molecule has 2 heteroatoms. The van der Waals surface area contributed by atoms with Gasteiger partial charge >= 0.3 is 0 Å². The molecule has 1 aromatic carbocycles. The van der Waals surface area contributed by atoms with Crippen molar-refractivity contribution in [2.75, 3.05) is 11.4 Å². The lowest BCUT2D eigenvalue weighted by atomic mass is 10.1. The summed E-state index contributed by atoms with van der Waals surface area (Å²) in [6.45, 7) is 5.38. The highest BCUT2D eigenvalue weighted by molar-refractivity contribution is 5.69. The average Bonchev–Trinajstić information content (AvgIpc) is 2.69. The van der Waals surface area contributed by atoms with Gasteiger partial charge in [-0.2, -0.15) is 0 Å². The van der Waals surface area contributed by atoms with E-state index in [1.165, 1.54) is 22.6 Å². The molecule has 0 amide bonds. The van der Waals surface area contributed by atoms with Crippen LogP contribution in [0.3, 0.4) is 0 Å². The van der Waals surface area contributed by atoms with Gasteiger partial charge in [0.05, 0.1) is 11.4 Å². The molecule has 0 saturated carbocycles. The number of fused-ring (bicyclic) bond motifs is 1. The second kappa shape index (κ2) is 3.88. The first kappa shape index (κ1) is 10.3. The molecule has 1 aromatic heterocycles. The van der Waals surface area contributed by atoms with Gasteiger partial charge in [-0.3, -0.25) is 4.98 Å². The van der Waals surface area contributed by atoms with Crippen LogP contribution in [0, 0.1) is 6.92 Å². The maximum Gasteiger partial charge on any atom is 0.0686 e. The van der Waals surface area contributed by atoms with E-state index in [-0.39, 0.29) is 0 Å². The van der Waals surface area contributed by atoms with Gasteiger partial charge in [-0.1, -0.05) is 24.6 Å². The fourth-order valence-corrected chi connectivity index (χ4v) is 2.44. The normalized spacial score (nSPS) is 18.2. The maximum absolute atomic E-state index is 4.49. The smallest absolute Gasteiger partial charge is 0.0686 e. The number of rotatable bonds is 1. The van der Waals surface area contributed by atoms with Crippen LogP contribution in [0.4, 0.5) is 11.4 Å². The zero-order chi connectivity index (χ0) is 11.8. The third-order valence-electron chi connectivity index (χ3n) is 3.38. The first-order valence-corrected chi connectivity index (χ1v) is 6.05. The molecule has 1 unspecified atom stereocenters. The van der Waals surface area contributed by atoms with E-state index in [2.05, 4.69) is 54.1 Å². The molecule has 0 spiro atoms. The third kappa shape index (κ3) is 1.70. The fourth-order valence-electron chi connectivity index (χ4n) is 2.44. The molecule has 3 rings (SSSR count). The molecular formula is C15H16N2. The van der Waals surface area contributed by atoms with Gasteiger partial charge in [-0.05, 0) is 31.2 Å². The molecule has 0 fully saturated rings. The number of anilines is 2. The minimum absolute atomic E-state index is 0.507. The highest BCUT2D eigenvalue weighted by Gasteiger charge is 2.27. The van der Waals surface area contributed by atoms with Crippen LogP contribution < -0.4 is 4.90 Å². The third-order valence-corrected chi connectivity index (χ3v) is 3.38. The van der Waals surface area contributed by atoms with Gasteiger partial charge in [0.1, 0.15) is 0 Å². The predicted octanol–water partition coefficient (Wildman–Crippen LogP) is 3.65. The molecule has 1 aliphatic heterocycles. The summed E-state index contributed by atoms with van der Waals surface area (Å²) >= 11 is 0. The van der Waals surface area contributed by atoms with Gasteiger partial charge in [-0.25, -0.2) is 0 Å². The summed E-state index contributed by atoms with van der Waals surface area (Å²) in [7, 11) is 0. The van der Waals surface area contributed by atoms with Crippen molar-refractivity contribution in [1.82, 2.24) is 4.98 Å². The molecule has 2 aromatic rings. The zero-order valence-electron chi connectivity index (χ0n) is 10.2. The van der Waals surface area contributed by atoms with Crippen molar-refractivity contribution in [2.24, 2.45) is 0 Å². The van der Waals surface area contributed by atoms with Crippen molar-refractivity contribution in [2.45, 2.75) is 19.8 Å². The first-order valence-electron chi connectivity index (χ1n) is 6.05. The molecule has 0 N–H and O–H groups in total. The van der Waals surface area contributed by atoms with Crippen molar-refractivity contribution < 1.29 is 0 Å². The molecule has 0 radical (unpaired) electrons. The van der Waals surface area contributed by atoms with Crippen molar-refractivity contribution in [3.05, 3.63) is 53.9 Å². The summed E-state index contributed by atoms with van der Waals surface area (Å²) in [5.41, 5.74) is 5.03. The predicted molar refractivity (Wildman–Crippen MR) is 70.8 cm³/mol. The van der Waals surface area contributed by atoms with E-state index in [1.54, 1.807) is 0 Å². The van der Waals surface area contributed by atoms with Crippen LogP contribution in [0.15, 0.2) is 42.6 Å². The van der Waals surface area contributed by atoms with Gasteiger partial charge in [-0.15, -0.1) is 0 Å². The van der Waals surface area contributed by atoms with E-state index >= 15 is 0 Å². The van der Waals surface area contributed by atoms with Gasteiger partial charge in [0.25, 0.3) is 0 Å². The second-order valence-electron chi connectivity index (χ2n) is 4.75. The van der Waals surface area contributed by atoms with Crippen LogP contribution >= 0.6 is 0 Å². The number of hydrogen-bond acceptors (Lipinski definition) is 2. The van der Waals surface area contributed by atoms with Crippen molar-refractivity contribution in [3.8, 4) is 0 Å². The minimum atomic E-state index is 0.507. The lowest BCUT2D eigenvalue weighted by molar-refractivity contribution is 0.791. The Morgan fingerprint density at radius 3 is 2.71 bits per heavy atom. The number of nitrogens with zero attached hydrogens (tertiary/aromatic N) is 2. The van der Waals surface area contributed by atoms with E-state index in [0.717, 1.165) is 6.54 Å². The standard InChI is InChI=1S/C15H16N2/c1-11-5-7-13(8-6-11)17-10-12(2)15-14(17)4-3-9-16-15/h3-9,12H,10H2,1-2H3. The fraction of sp³-hybridized carbons (Fsp3) is 0.267. The Morgan fingerprint density at radius 2 is 1.94 bits per heavy atom. The lowest BCUT2D eigenvalue weighted by Gasteiger charge is -2.19. The summed E-state index contributed by atoms with van der Waals surface area (Å²) in [5.74, 6) is 0.507.